The van der Waals surface area contributed by atoms with Crippen molar-refractivity contribution in [1.29, 1.82) is 0 Å². The van der Waals surface area contributed by atoms with Crippen LogP contribution < -0.4 is 5.32 Å². The van der Waals surface area contributed by atoms with Crippen molar-refractivity contribution in [2.24, 2.45) is 0 Å². The van der Waals surface area contributed by atoms with Crippen LogP contribution in [0.2, 0.25) is 0 Å². The smallest absolute Gasteiger partial charge is 0.0703 e. The van der Waals surface area contributed by atoms with Crippen molar-refractivity contribution in [1.82, 2.24) is 5.32 Å². The highest BCUT2D eigenvalue weighted by atomic mass is 16.5. The van der Waals surface area contributed by atoms with Gasteiger partial charge in [0.15, 0.2) is 0 Å². The summed E-state index contributed by atoms with van der Waals surface area (Å²) in [5, 5.41) is 3.50. The van der Waals surface area contributed by atoms with Crippen LogP contribution in [0.25, 0.3) is 0 Å². The zero-order valence-electron chi connectivity index (χ0n) is 12.1. The lowest BCUT2D eigenvalue weighted by Gasteiger charge is -2.12. The van der Waals surface area contributed by atoms with Crippen LogP contribution >= 0.6 is 0 Å². The molecule has 1 unspecified atom stereocenters. The third-order valence-electron chi connectivity index (χ3n) is 2.60. The molecule has 0 aliphatic heterocycles. The van der Waals surface area contributed by atoms with E-state index in [1.807, 2.05) is 13.8 Å². The molecule has 0 rings (SSSR count). The molecule has 0 fully saturated rings. The van der Waals surface area contributed by atoms with Crippen molar-refractivity contribution in [3.63, 3.8) is 0 Å². The lowest BCUT2D eigenvalue weighted by Crippen LogP contribution is -2.26. The van der Waals surface area contributed by atoms with Gasteiger partial charge in [-0.25, -0.2) is 0 Å². The number of ether oxygens (including phenoxy) is 2. The summed E-state index contributed by atoms with van der Waals surface area (Å²) in [5.41, 5.74) is 0. The van der Waals surface area contributed by atoms with E-state index in [-0.39, 0.29) is 0 Å². The zero-order valence-corrected chi connectivity index (χ0v) is 12.1. The minimum atomic E-state index is 0.309. The van der Waals surface area contributed by atoms with Gasteiger partial charge in [-0.05, 0) is 53.0 Å². The van der Waals surface area contributed by atoms with Crippen LogP contribution in [-0.4, -0.2) is 38.5 Å². The van der Waals surface area contributed by atoms with E-state index in [4.69, 9.17) is 9.47 Å². The Kier molecular flexibility index (Phi) is 12.3. The van der Waals surface area contributed by atoms with E-state index in [9.17, 15) is 0 Å². The Morgan fingerprint density at radius 2 is 1.76 bits per heavy atom. The van der Waals surface area contributed by atoms with Gasteiger partial charge in [-0.2, -0.15) is 0 Å². The molecule has 0 aromatic carbocycles. The van der Waals surface area contributed by atoms with E-state index in [0.29, 0.717) is 18.8 Å². The van der Waals surface area contributed by atoms with Gasteiger partial charge < -0.3 is 14.8 Å². The van der Waals surface area contributed by atoms with Gasteiger partial charge in [-0.3, -0.25) is 0 Å². The van der Waals surface area contributed by atoms with Crippen LogP contribution in [0.5, 0.6) is 0 Å². The van der Waals surface area contributed by atoms with E-state index < -0.39 is 0 Å². The first-order valence-corrected chi connectivity index (χ1v) is 7.09. The Morgan fingerprint density at radius 1 is 1.00 bits per heavy atom. The Labute approximate surface area is 107 Å². The van der Waals surface area contributed by atoms with Crippen LogP contribution in [0.3, 0.4) is 0 Å². The maximum atomic E-state index is 5.50. The largest absolute Gasteiger partial charge is 0.379 e. The highest BCUT2D eigenvalue weighted by Gasteiger charge is 1.99. The molecule has 0 heterocycles. The Balaban J connectivity index is 3.07. The van der Waals surface area contributed by atoms with Crippen molar-refractivity contribution in [2.75, 3.05) is 26.4 Å². The minimum absolute atomic E-state index is 0.309. The van der Waals surface area contributed by atoms with Crippen molar-refractivity contribution in [3.8, 4) is 0 Å². The van der Waals surface area contributed by atoms with E-state index in [2.05, 4.69) is 19.2 Å². The maximum absolute atomic E-state index is 5.50. The fourth-order valence-electron chi connectivity index (χ4n) is 1.59. The molecule has 1 atom stereocenters. The molecule has 17 heavy (non-hydrogen) atoms. The second-order valence-corrected chi connectivity index (χ2v) is 4.88. The van der Waals surface area contributed by atoms with Crippen molar-refractivity contribution in [2.45, 2.75) is 65.5 Å². The average Bonchev–Trinajstić information content (AvgIpc) is 2.29. The first-order chi connectivity index (χ1) is 8.16. The summed E-state index contributed by atoms with van der Waals surface area (Å²) in [4.78, 5) is 0. The second kappa shape index (κ2) is 12.3. The Morgan fingerprint density at radius 3 is 2.41 bits per heavy atom. The van der Waals surface area contributed by atoms with Crippen molar-refractivity contribution >= 4 is 0 Å². The molecule has 0 spiro atoms. The monoisotopic (exact) mass is 245 g/mol. The van der Waals surface area contributed by atoms with Gasteiger partial charge in [0.2, 0.25) is 0 Å². The standard InChI is InChI=1S/C14H31NO2/c1-5-9-15-14(4)8-6-7-10-16-11-12-17-13(2)3/h13-15H,5-12H2,1-4H3. The number of hydrogen-bond acceptors (Lipinski definition) is 3. The van der Waals surface area contributed by atoms with Crippen LogP contribution in [0.15, 0.2) is 0 Å². The van der Waals surface area contributed by atoms with Gasteiger partial charge in [0, 0.05) is 12.6 Å². The molecule has 0 aliphatic carbocycles. The molecule has 1 N–H and O–H groups in total. The molecule has 3 nitrogen and oxygen atoms in total. The summed E-state index contributed by atoms with van der Waals surface area (Å²) in [6.45, 7) is 12.0. The summed E-state index contributed by atoms with van der Waals surface area (Å²) in [7, 11) is 0. The first-order valence-electron chi connectivity index (χ1n) is 7.09. The van der Waals surface area contributed by atoms with Gasteiger partial charge in [0.25, 0.3) is 0 Å². The fourth-order valence-corrected chi connectivity index (χ4v) is 1.59. The number of hydrogen-bond donors (Lipinski definition) is 1. The van der Waals surface area contributed by atoms with E-state index >= 15 is 0 Å². The molecule has 0 aliphatic rings. The van der Waals surface area contributed by atoms with E-state index in [0.717, 1.165) is 26.2 Å². The Bertz CT molecular complexity index is 151. The molecule has 0 aromatic heterocycles. The van der Waals surface area contributed by atoms with E-state index in [1.165, 1.54) is 19.3 Å². The first kappa shape index (κ1) is 16.9. The van der Waals surface area contributed by atoms with Gasteiger partial charge in [-0.1, -0.05) is 6.92 Å². The minimum Gasteiger partial charge on any atom is -0.379 e. The lowest BCUT2D eigenvalue weighted by molar-refractivity contribution is 0.0186. The maximum Gasteiger partial charge on any atom is 0.0703 e. The van der Waals surface area contributed by atoms with Gasteiger partial charge in [0.05, 0.1) is 19.3 Å². The molecule has 0 aromatic rings. The van der Waals surface area contributed by atoms with Crippen LogP contribution in [-0.2, 0) is 9.47 Å². The number of unbranched alkanes of at least 4 members (excludes halogenated alkanes) is 1. The van der Waals surface area contributed by atoms with Crippen molar-refractivity contribution < 1.29 is 9.47 Å². The summed E-state index contributed by atoms with van der Waals surface area (Å²) in [6.07, 6.45) is 5.15. The Hall–Kier alpha value is -0.120. The van der Waals surface area contributed by atoms with E-state index in [1.54, 1.807) is 0 Å². The SMILES string of the molecule is CCCNC(C)CCCCOCCOC(C)C. The molecular formula is C14H31NO2. The lowest BCUT2D eigenvalue weighted by atomic mass is 10.1. The van der Waals surface area contributed by atoms with Crippen LogP contribution in [0.1, 0.15) is 53.4 Å². The third kappa shape index (κ3) is 13.8. The molecule has 0 bridgehead atoms. The molecule has 104 valence electrons. The summed E-state index contributed by atoms with van der Waals surface area (Å²) in [5.74, 6) is 0. The molecule has 0 radical (unpaired) electrons. The van der Waals surface area contributed by atoms with Crippen LogP contribution in [0.4, 0.5) is 0 Å². The quantitative estimate of drug-likeness (QED) is 0.536. The topological polar surface area (TPSA) is 30.5 Å². The highest BCUT2D eigenvalue weighted by molar-refractivity contribution is 4.59. The summed E-state index contributed by atoms with van der Waals surface area (Å²) in [6, 6.07) is 0.638. The molecule has 0 saturated heterocycles. The molecule has 0 saturated carbocycles. The van der Waals surface area contributed by atoms with Gasteiger partial charge in [0.1, 0.15) is 0 Å². The molecule has 3 heteroatoms. The predicted octanol–water partition coefficient (Wildman–Crippen LogP) is 2.99. The number of rotatable bonds is 12. The normalized spacial score (nSPS) is 13.2. The third-order valence-corrected chi connectivity index (χ3v) is 2.60. The molecule has 0 amide bonds. The summed E-state index contributed by atoms with van der Waals surface area (Å²) < 4.78 is 10.9. The van der Waals surface area contributed by atoms with Gasteiger partial charge >= 0.3 is 0 Å². The van der Waals surface area contributed by atoms with Crippen molar-refractivity contribution in [3.05, 3.63) is 0 Å². The second-order valence-electron chi connectivity index (χ2n) is 4.88. The average molecular weight is 245 g/mol. The summed E-state index contributed by atoms with van der Waals surface area (Å²) >= 11 is 0. The molecular weight excluding hydrogens is 214 g/mol. The van der Waals surface area contributed by atoms with Crippen LogP contribution in [0, 0.1) is 0 Å². The van der Waals surface area contributed by atoms with Gasteiger partial charge in [-0.15, -0.1) is 0 Å². The predicted molar refractivity (Wildman–Crippen MR) is 73.5 cm³/mol. The zero-order chi connectivity index (χ0) is 12.9. The highest BCUT2D eigenvalue weighted by Crippen LogP contribution is 2.01. The number of nitrogens with one attached hydrogen (secondary N) is 1. The fraction of sp³-hybridized carbons (Fsp3) is 1.00.